The summed E-state index contributed by atoms with van der Waals surface area (Å²) < 4.78 is 10.2. The van der Waals surface area contributed by atoms with Gasteiger partial charge in [-0.05, 0) is 24.9 Å². The maximum Gasteiger partial charge on any atom is 0.332 e. The van der Waals surface area contributed by atoms with Gasteiger partial charge in [0.05, 0.1) is 26.4 Å². The quantitative estimate of drug-likeness (QED) is 0.158. The third kappa shape index (κ3) is 13.3. The van der Waals surface area contributed by atoms with E-state index in [0.29, 0.717) is 26.1 Å². The lowest BCUT2D eigenvalue weighted by Crippen LogP contribution is -2.35. The van der Waals surface area contributed by atoms with Crippen LogP contribution in [0.5, 0.6) is 0 Å². The molecule has 0 saturated carbocycles. The first kappa shape index (κ1) is 20.9. The van der Waals surface area contributed by atoms with E-state index >= 15 is 0 Å². The van der Waals surface area contributed by atoms with E-state index in [4.69, 9.17) is 29.9 Å². The van der Waals surface area contributed by atoms with Crippen LogP contribution < -0.4 is 0 Å². The molecule has 0 rings (SSSR count). The molecular weight excluding hydrogens is 300 g/mol. The highest BCUT2D eigenvalue weighted by Crippen LogP contribution is 2.13. The van der Waals surface area contributed by atoms with Gasteiger partial charge in [-0.25, -0.2) is 0 Å². The van der Waals surface area contributed by atoms with Gasteiger partial charge in [-0.15, -0.1) is 0 Å². The van der Waals surface area contributed by atoms with Crippen molar-refractivity contribution in [3.8, 4) is 0 Å². The van der Waals surface area contributed by atoms with Gasteiger partial charge in [0.1, 0.15) is 12.2 Å². The standard InChI is InChI=1S/C12H28O8Si/c13-7-11(15)9-19-3-1-5-21(17,18)6-2-4-20-10-12(16)8-14/h11-18H,1-10H2. The molecule has 0 amide bonds. The predicted molar refractivity (Wildman–Crippen MR) is 76.9 cm³/mol. The summed E-state index contributed by atoms with van der Waals surface area (Å²) in [5.41, 5.74) is 0. The summed E-state index contributed by atoms with van der Waals surface area (Å²) >= 11 is 0. The lowest BCUT2D eigenvalue weighted by atomic mass is 10.4. The molecule has 0 aliphatic rings. The van der Waals surface area contributed by atoms with Crippen molar-refractivity contribution in [1.29, 1.82) is 0 Å². The Morgan fingerprint density at radius 3 is 1.48 bits per heavy atom. The van der Waals surface area contributed by atoms with Crippen molar-refractivity contribution >= 4 is 8.56 Å². The summed E-state index contributed by atoms with van der Waals surface area (Å²) in [6.07, 6.45) is -0.855. The molecule has 6 N–H and O–H groups in total. The molecule has 0 fully saturated rings. The van der Waals surface area contributed by atoms with Gasteiger partial charge in [-0.1, -0.05) is 0 Å². The third-order valence-electron chi connectivity index (χ3n) is 2.77. The first-order valence-electron chi connectivity index (χ1n) is 7.09. The lowest BCUT2D eigenvalue weighted by Gasteiger charge is -2.18. The monoisotopic (exact) mass is 328 g/mol. The van der Waals surface area contributed by atoms with Crippen LogP contribution in [0.15, 0.2) is 0 Å². The van der Waals surface area contributed by atoms with Crippen molar-refractivity contribution in [2.45, 2.75) is 37.1 Å². The predicted octanol–water partition coefficient (Wildman–Crippen LogP) is -2.07. The van der Waals surface area contributed by atoms with E-state index in [1.807, 2.05) is 0 Å². The number of aliphatic hydroxyl groups is 4. The first-order valence-corrected chi connectivity index (χ1v) is 9.40. The van der Waals surface area contributed by atoms with Crippen LogP contribution in [0.3, 0.4) is 0 Å². The molecule has 0 aliphatic carbocycles. The molecule has 0 aromatic heterocycles. The lowest BCUT2D eigenvalue weighted by molar-refractivity contribution is 0.00553. The van der Waals surface area contributed by atoms with Crippen molar-refractivity contribution < 1.29 is 39.5 Å². The minimum Gasteiger partial charge on any atom is -0.411 e. The minimum atomic E-state index is -3.26. The zero-order valence-corrected chi connectivity index (χ0v) is 13.2. The Hall–Kier alpha value is -0.103. The fraction of sp³-hybridized carbons (Fsp3) is 1.00. The van der Waals surface area contributed by atoms with Gasteiger partial charge in [0.15, 0.2) is 0 Å². The Labute approximate surface area is 125 Å². The molecule has 0 aliphatic heterocycles. The number of hydrogen-bond donors (Lipinski definition) is 6. The van der Waals surface area contributed by atoms with Crippen LogP contribution >= 0.6 is 0 Å². The van der Waals surface area contributed by atoms with E-state index in [0.717, 1.165) is 0 Å². The number of aliphatic hydroxyl groups excluding tert-OH is 4. The van der Waals surface area contributed by atoms with Gasteiger partial charge in [0.25, 0.3) is 0 Å². The SMILES string of the molecule is OCC(O)COCCC[Si](O)(O)CCCOCC(O)CO. The number of rotatable bonds is 14. The van der Waals surface area contributed by atoms with Gasteiger partial charge in [0, 0.05) is 13.2 Å². The molecule has 21 heavy (non-hydrogen) atoms. The molecule has 128 valence electrons. The average Bonchev–Trinajstić information content (AvgIpc) is 2.45. The smallest absolute Gasteiger partial charge is 0.332 e. The zero-order chi connectivity index (χ0) is 16.1. The van der Waals surface area contributed by atoms with Crippen LogP contribution in [0, 0.1) is 0 Å². The van der Waals surface area contributed by atoms with Gasteiger partial charge in [0.2, 0.25) is 0 Å². The van der Waals surface area contributed by atoms with Crippen molar-refractivity contribution in [3.63, 3.8) is 0 Å². The fourth-order valence-corrected chi connectivity index (χ4v) is 3.25. The van der Waals surface area contributed by atoms with Crippen LogP contribution in [0.1, 0.15) is 12.8 Å². The molecule has 9 heteroatoms. The number of ether oxygens (including phenoxy) is 2. The molecule has 0 saturated heterocycles. The van der Waals surface area contributed by atoms with Gasteiger partial charge >= 0.3 is 8.56 Å². The van der Waals surface area contributed by atoms with Crippen LogP contribution in [-0.2, 0) is 9.47 Å². The summed E-state index contributed by atoms with van der Waals surface area (Å²) in [7, 11) is -3.26. The highest BCUT2D eigenvalue weighted by Gasteiger charge is 2.27. The Bertz CT molecular complexity index is 219. The normalized spacial score (nSPS) is 15.1. The van der Waals surface area contributed by atoms with E-state index in [1.165, 1.54) is 0 Å². The Balaban J connectivity index is 3.51. The molecule has 0 spiro atoms. The van der Waals surface area contributed by atoms with Crippen molar-refractivity contribution in [3.05, 3.63) is 0 Å². The number of hydrogen-bond acceptors (Lipinski definition) is 8. The Morgan fingerprint density at radius 1 is 0.762 bits per heavy atom. The fourth-order valence-electron chi connectivity index (χ4n) is 1.58. The first-order chi connectivity index (χ1) is 9.91. The van der Waals surface area contributed by atoms with Crippen molar-refractivity contribution in [2.75, 3.05) is 39.6 Å². The summed E-state index contributed by atoms with van der Waals surface area (Å²) in [5.74, 6) is 0. The molecule has 0 radical (unpaired) electrons. The van der Waals surface area contributed by atoms with Gasteiger partial charge in [-0.3, -0.25) is 0 Å². The molecular formula is C12H28O8Si. The van der Waals surface area contributed by atoms with E-state index in [-0.39, 0.29) is 38.5 Å². The van der Waals surface area contributed by atoms with E-state index in [2.05, 4.69) is 0 Å². The van der Waals surface area contributed by atoms with Gasteiger partial charge < -0.3 is 39.5 Å². The summed E-state index contributed by atoms with van der Waals surface area (Å²) in [5, 5.41) is 35.2. The minimum absolute atomic E-state index is 0.0307. The molecule has 2 unspecified atom stereocenters. The Morgan fingerprint density at radius 2 is 1.14 bits per heavy atom. The second-order valence-corrected chi connectivity index (χ2v) is 7.98. The molecule has 0 aromatic carbocycles. The average molecular weight is 328 g/mol. The van der Waals surface area contributed by atoms with Crippen molar-refractivity contribution in [2.24, 2.45) is 0 Å². The van der Waals surface area contributed by atoms with E-state index < -0.39 is 20.8 Å². The highest BCUT2D eigenvalue weighted by atomic mass is 28.4. The maximum atomic E-state index is 9.83. The van der Waals surface area contributed by atoms with Crippen LogP contribution in [-0.4, -0.2) is 90.4 Å². The molecule has 8 nitrogen and oxygen atoms in total. The topological polar surface area (TPSA) is 140 Å². The van der Waals surface area contributed by atoms with Crippen LogP contribution in [0.4, 0.5) is 0 Å². The highest BCUT2D eigenvalue weighted by molar-refractivity contribution is 6.64. The Kier molecular flexibility index (Phi) is 12.4. The molecule has 2 atom stereocenters. The summed E-state index contributed by atoms with van der Waals surface area (Å²) in [6.45, 7) is -0.0581. The second-order valence-electron chi connectivity index (χ2n) is 5.01. The van der Waals surface area contributed by atoms with E-state index in [9.17, 15) is 9.59 Å². The largest absolute Gasteiger partial charge is 0.411 e. The summed E-state index contributed by atoms with van der Waals surface area (Å²) in [6, 6.07) is 0.531. The van der Waals surface area contributed by atoms with Crippen LogP contribution in [0.2, 0.25) is 12.1 Å². The maximum absolute atomic E-state index is 9.83. The molecule has 0 bridgehead atoms. The third-order valence-corrected chi connectivity index (χ3v) is 5.08. The van der Waals surface area contributed by atoms with Crippen LogP contribution in [0.25, 0.3) is 0 Å². The van der Waals surface area contributed by atoms with Gasteiger partial charge in [-0.2, -0.15) is 0 Å². The molecule has 0 heterocycles. The zero-order valence-electron chi connectivity index (χ0n) is 12.2. The molecule has 0 aromatic rings. The second kappa shape index (κ2) is 12.4. The summed E-state index contributed by atoms with van der Waals surface area (Å²) in [4.78, 5) is 19.7. The van der Waals surface area contributed by atoms with E-state index in [1.54, 1.807) is 0 Å². The van der Waals surface area contributed by atoms with Crippen molar-refractivity contribution in [1.82, 2.24) is 0 Å².